The Morgan fingerprint density at radius 3 is 2.55 bits per heavy atom. The van der Waals surface area contributed by atoms with E-state index in [1.165, 1.54) is 13.2 Å². The number of methoxy groups -OCH3 is 1. The molecule has 0 amide bonds. The van der Waals surface area contributed by atoms with Crippen molar-refractivity contribution in [3.8, 4) is 17.1 Å². The largest absolute Gasteiger partial charge is 0.497 e. The molecule has 2 heterocycles. The second kappa shape index (κ2) is 8.96. The number of benzene rings is 1. The van der Waals surface area contributed by atoms with E-state index < -0.39 is 36.5 Å². The van der Waals surface area contributed by atoms with Crippen LogP contribution in [0.4, 0.5) is 26.3 Å². The van der Waals surface area contributed by atoms with E-state index in [4.69, 9.17) is 9.47 Å². The third-order valence-corrected chi connectivity index (χ3v) is 4.32. The average Bonchev–Trinajstić information content (AvgIpc) is 3.16. The minimum atomic E-state index is -4.59. The van der Waals surface area contributed by atoms with E-state index >= 15 is 0 Å². The van der Waals surface area contributed by atoms with E-state index in [1.807, 2.05) is 0 Å². The number of carbonyl (C=O) groups is 1. The number of likely N-dealkylation sites (tertiary alicyclic amines) is 1. The molecule has 1 unspecified atom stereocenters. The Hall–Kier alpha value is -3.09. The van der Waals surface area contributed by atoms with Crippen molar-refractivity contribution in [1.29, 1.82) is 0 Å². The molecule has 31 heavy (non-hydrogen) atoms. The first-order valence-corrected chi connectivity index (χ1v) is 8.79. The highest BCUT2D eigenvalue weighted by Crippen LogP contribution is 2.34. The van der Waals surface area contributed by atoms with Crippen LogP contribution in [-0.2, 0) is 15.7 Å². The topological polar surface area (TPSA) is 69.5 Å². The highest BCUT2D eigenvalue weighted by atomic mass is 19.4. The summed E-state index contributed by atoms with van der Waals surface area (Å²) in [5.74, 6) is -0.898. The summed E-state index contributed by atoms with van der Waals surface area (Å²) in [5, 5.41) is 3.97. The van der Waals surface area contributed by atoms with Gasteiger partial charge in [0, 0.05) is 30.9 Å². The molecule has 0 aliphatic carbocycles. The number of esters is 1. The molecule has 1 fully saturated rings. The van der Waals surface area contributed by atoms with E-state index in [0.29, 0.717) is 0 Å². The maximum atomic E-state index is 13.1. The molecule has 3 rings (SSSR count). The van der Waals surface area contributed by atoms with Gasteiger partial charge in [-0.2, -0.15) is 13.2 Å². The second-order valence-electron chi connectivity index (χ2n) is 6.53. The summed E-state index contributed by atoms with van der Waals surface area (Å²) in [6.07, 6.45) is -7.59. The highest BCUT2D eigenvalue weighted by Gasteiger charge is 2.38. The molecule has 1 aliphatic heterocycles. The summed E-state index contributed by atoms with van der Waals surface area (Å²) in [5.41, 5.74) is -0.884. The van der Waals surface area contributed by atoms with Crippen LogP contribution in [0.3, 0.4) is 0 Å². The van der Waals surface area contributed by atoms with Crippen LogP contribution < -0.4 is 4.74 Å². The molecule has 1 aromatic heterocycles. The molecule has 0 N–H and O–H groups in total. The van der Waals surface area contributed by atoms with Gasteiger partial charge in [-0.15, -0.1) is 5.10 Å². The molecule has 2 aromatic rings. The summed E-state index contributed by atoms with van der Waals surface area (Å²) >= 11 is 0. The van der Waals surface area contributed by atoms with Crippen LogP contribution in [0.2, 0.25) is 0 Å². The van der Waals surface area contributed by atoms with Gasteiger partial charge >= 0.3 is 12.1 Å². The predicted molar refractivity (Wildman–Crippen MR) is 94.7 cm³/mol. The minimum Gasteiger partial charge on any atom is -0.497 e. The SMILES string of the molecule is COc1cc(-c2ncn(/C=C\C(=O)OC3CN(C(F)C(F)F)C3)n2)cc(C(F)(F)F)c1. The lowest BCUT2D eigenvalue weighted by atomic mass is 10.1. The number of alkyl halides is 6. The number of halogens is 6. The van der Waals surface area contributed by atoms with Crippen molar-refractivity contribution < 1.29 is 40.6 Å². The number of carbonyl (C=O) groups excluding carboxylic acids is 1. The van der Waals surface area contributed by atoms with Crippen LogP contribution in [0.15, 0.2) is 30.6 Å². The Balaban J connectivity index is 1.61. The average molecular weight is 450 g/mol. The lowest BCUT2D eigenvalue weighted by Crippen LogP contribution is -2.57. The van der Waals surface area contributed by atoms with Crippen LogP contribution in [0, 0.1) is 0 Å². The van der Waals surface area contributed by atoms with Gasteiger partial charge in [0.1, 0.15) is 18.2 Å². The van der Waals surface area contributed by atoms with Gasteiger partial charge in [-0.1, -0.05) is 0 Å². The maximum Gasteiger partial charge on any atom is 0.416 e. The zero-order valence-corrected chi connectivity index (χ0v) is 15.9. The maximum absolute atomic E-state index is 13.1. The van der Waals surface area contributed by atoms with Crippen molar-refractivity contribution in [3.63, 3.8) is 0 Å². The molecular formula is C18H16F6N4O3. The van der Waals surface area contributed by atoms with Crippen molar-refractivity contribution in [1.82, 2.24) is 19.7 Å². The van der Waals surface area contributed by atoms with Crippen molar-refractivity contribution in [3.05, 3.63) is 36.2 Å². The van der Waals surface area contributed by atoms with Gasteiger partial charge in [-0.05, 0) is 18.2 Å². The molecule has 1 saturated heterocycles. The lowest BCUT2D eigenvalue weighted by Gasteiger charge is -2.39. The fraction of sp³-hybridized carbons (Fsp3) is 0.389. The number of ether oxygens (including phenoxy) is 2. The summed E-state index contributed by atoms with van der Waals surface area (Å²) in [6.45, 7) is -0.314. The summed E-state index contributed by atoms with van der Waals surface area (Å²) in [7, 11) is 1.22. The van der Waals surface area contributed by atoms with E-state index in [2.05, 4.69) is 10.1 Å². The summed E-state index contributed by atoms with van der Waals surface area (Å²) in [4.78, 5) is 16.5. The highest BCUT2D eigenvalue weighted by molar-refractivity contribution is 5.85. The molecule has 168 valence electrons. The first kappa shape index (κ1) is 22.6. The summed E-state index contributed by atoms with van der Waals surface area (Å²) < 4.78 is 87.5. The van der Waals surface area contributed by atoms with E-state index in [9.17, 15) is 31.1 Å². The number of nitrogens with zero attached hydrogens (tertiary/aromatic N) is 4. The molecule has 13 heteroatoms. The zero-order valence-electron chi connectivity index (χ0n) is 15.9. The van der Waals surface area contributed by atoms with Gasteiger partial charge < -0.3 is 9.47 Å². The molecule has 0 radical (unpaired) electrons. The third kappa shape index (κ3) is 5.54. The van der Waals surface area contributed by atoms with Crippen molar-refractivity contribution in [2.24, 2.45) is 0 Å². The molecular weight excluding hydrogens is 434 g/mol. The van der Waals surface area contributed by atoms with Crippen LogP contribution >= 0.6 is 0 Å². The van der Waals surface area contributed by atoms with Gasteiger partial charge in [-0.3, -0.25) is 4.90 Å². The first-order chi connectivity index (χ1) is 14.6. The zero-order chi connectivity index (χ0) is 22.8. The molecule has 1 atom stereocenters. The van der Waals surface area contributed by atoms with Gasteiger partial charge in [0.2, 0.25) is 6.30 Å². The number of hydrogen-bond donors (Lipinski definition) is 0. The van der Waals surface area contributed by atoms with Crippen LogP contribution in [0.25, 0.3) is 17.6 Å². The van der Waals surface area contributed by atoms with E-state index in [1.54, 1.807) is 0 Å². The number of hydrogen-bond acceptors (Lipinski definition) is 6. The third-order valence-electron chi connectivity index (χ3n) is 4.32. The quantitative estimate of drug-likeness (QED) is 0.279. The lowest BCUT2D eigenvalue weighted by molar-refractivity contribution is -0.164. The van der Waals surface area contributed by atoms with Gasteiger partial charge in [-0.25, -0.2) is 27.6 Å². The minimum absolute atomic E-state index is 0.0304. The van der Waals surface area contributed by atoms with Crippen molar-refractivity contribution in [2.45, 2.75) is 25.0 Å². The number of aromatic nitrogens is 3. The fourth-order valence-electron chi connectivity index (χ4n) is 2.73. The Bertz CT molecular complexity index is 956. The molecule has 0 saturated carbocycles. The standard InChI is InChI=1S/C18H16F6N4O3/c1-30-12-5-10(4-11(6-12)18(22,23)24)17-25-9-28(26-17)3-2-14(29)31-13-7-27(8-13)16(21)15(19)20/h2-6,9,13,15-16H,7-8H2,1H3/b3-2-. The molecule has 1 aromatic carbocycles. The van der Waals surface area contributed by atoms with Gasteiger partial charge in [0.05, 0.1) is 12.7 Å². The van der Waals surface area contributed by atoms with E-state index in [-0.39, 0.29) is 30.2 Å². The molecule has 0 spiro atoms. The van der Waals surface area contributed by atoms with Crippen molar-refractivity contribution >= 4 is 12.2 Å². The Labute approximate surface area is 171 Å². The van der Waals surface area contributed by atoms with E-state index in [0.717, 1.165) is 40.3 Å². The Kier molecular flexibility index (Phi) is 6.53. The molecule has 1 aliphatic rings. The van der Waals surface area contributed by atoms with Crippen LogP contribution in [0.5, 0.6) is 5.75 Å². The normalized spacial score (nSPS) is 16.5. The Morgan fingerprint density at radius 1 is 1.23 bits per heavy atom. The van der Waals surface area contributed by atoms with Crippen molar-refractivity contribution in [2.75, 3.05) is 20.2 Å². The fourth-order valence-corrected chi connectivity index (χ4v) is 2.73. The van der Waals surface area contributed by atoms with Crippen LogP contribution in [0.1, 0.15) is 5.56 Å². The summed E-state index contributed by atoms with van der Waals surface area (Å²) in [6, 6.07) is 3.03. The molecule has 0 bridgehead atoms. The Morgan fingerprint density at radius 2 is 1.94 bits per heavy atom. The molecule has 7 nitrogen and oxygen atoms in total. The monoisotopic (exact) mass is 450 g/mol. The number of rotatable bonds is 7. The van der Waals surface area contributed by atoms with Crippen LogP contribution in [-0.4, -0.2) is 64.7 Å². The van der Waals surface area contributed by atoms with Gasteiger partial charge in [0.15, 0.2) is 5.82 Å². The first-order valence-electron chi connectivity index (χ1n) is 8.79. The second-order valence-corrected chi connectivity index (χ2v) is 6.53. The van der Waals surface area contributed by atoms with Gasteiger partial charge in [0.25, 0.3) is 6.43 Å². The smallest absolute Gasteiger partial charge is 0.416 e. The predicted octanol–water partition coefficient (Wildman–Crippen LogP) is 3.23.